The standard InChI is InChI=1S/C14H21N3O/c1-2-17-8-9-18-13(11-17)10-16-14(15)12-6-4-3-5-7-12/h3-7,13H,2,8-11H2,1H3,(H2,15,16). The Kier molecular flexibility index (Phi) is 4.73. The molecule has 0 bridgehead atoms. The van der Waals surface area contributed by atoms with Crippen molar-refractivity contribution in [2.75, 3.05) is 32.8 Å². The van der Waals surface area contributed by atoms with E-state index >= 15 is 0 Å². The van der Waals surface area contributed by atoms with E-state index in [4.69, 9.17) is 10.5 Å². The van der Waals surface area contributed by atoms with Crippen LogP contribution in [0, 0.1) is 0 Å². The van der Waals surface area contributed by atoms with Crippen LogP contribution in [0.4, 0.5) is 0 Å². The van der Waals surface area contributed by atoms with Gasteiger partial charge in [-0.1, -0.05) is 37.3 Å². The molecule has 0 radical (unpaired) electrons. The number of hydrogen-bond acceptors (Lipinski definition) is 3. The van der Waals surface area contributed by atoms with Crippen molar-refractivity contribution < 1.29 is 4.74 Å². The highest BCUT2D eigenvalue weighted by molar-refractivity contribution is 5.97. The lowest BCUT2D eigenvalue weighted by Gasteiger charge is -2.31. The van der Waals surface area contributed by atoms with E-state index in [1.54, 1.807) is 0 Å². The minimum absolute atomic E-state index is 0.168. The Hall–Kier alpha value is -1.39. The molecule has 2 N–H and O–H groups in total. The van der Waals surface area contributed by atoms with Gasteiger partial charge in [0, 0.05) is 18.7 Å². The summed E-state index contributed by atoms with van der Waals surface area (Å²) in [5.74, 6) is 0.591. The molecule has 1 aliphatic heterocycles. The number of aliphatic imine (C=N–C) groups is 1. The Morgan fingerprint density at radius 1 is 1.44 bits per heavy atom. The SMILES string of the molecule is CCN1CCOC(CN=C(N)c2ccccc2)C1. The number of rotatable bonds is 4. The van der Waals surface area contributed by atoms with Gasteiger partial charge < -0.3 is 10.5 Å². The summed E-state index contributed by atoms with van der Waals surface area (Å²) in [6.45, 7) is 6.63. The lowest BCUT2D eigenvalue weighted by Crippen LogP contribution is -2.43. The van der Waals surface area contributed by atoms with E-state index < -0.39 is 0 Å². The van der Waals surface area contributed by atoms with Gasteiger partial charge in [0.25, 0.3) is 0 Å². The lowest BCUT2D eigenvalue weighted by atomic mass is 10.2. The van der Waals surface area contributed by atoms with Crippen LogP contribution in [-0.2, 0) is 4.74 Å². The van der Waals surface area contributed by atoms with Crippen LogP contribution in [-0.4, -0.2) is 49.6 Å². The summed E-state index contributed by atoms with van der Waals surface area (Å²) in [6, 6.07) is 9.85. The van der Waals surface area contributed by atoms with Gasteiger partial charge in [0.15, 0.2) is 0 Å². The van der Waals surface area contributed by atoms with Crippen molar-refractivity contribution in [3.63, 3.8) is 0 Å². The summed E-state index contributed by atoms with van der Waals surface area (Å²) < 4.78 is 5.69. The number of amidine groups is 1. The second kappa shape index (κ2) is 6.52. The zero-order valence-electron chi connectivity index (χ0n) is 10.9. The van der Waals surface area contributed by atoms with Gasteiger partial charge in [0.1, 0.15) is 5.84 Å². The first-order valence-corrected chi connectivity index (χ1v) is 6.49. The molecule has 2 rings (SSSR count). The molecular formula is C14H21N3O. The van der Waals surface area contributed by atoms with E-state index in [9.17, 15) is 0 Å². The minimum atomic E-state index is 0.168. The number of hydrogen-bond donors (Lipinski definition) is 1. The lowest BCUT2D eigenvalue weighted by molar-refractivity contribution is -0.0209. The smallest absolute Gasteiger partial charge is 0.125 e. The third-order valence-corrected chi connectivity index (χ3v) is 3.20. The monoisotopic (exact) mass is 247 g/mol. The molecule has 0 saturated carbocycles. The Balaban J connectivity index is 1.90. The van der Waals surface area contributed by atoms with E-state index in [0.29, 0.717) is 12.4 Å². The Bertz CT molecular complexity index is 391. The molecule has 0 amide bonds. The molecular weight excluding hydrogens is 226 g/mol. The molecule has 1 heterocycles. The second-order valence-electron chi connectivity index (χ2n) is 4.48. The van der Waals surface area contributed by atoms with Gasteiger partial charge in [-0.25, -0.2) is 0 Å². The number of ether oxygens (including phenoxy) is 1. The number of likely N-dealkylation sites (N-methyl/N-ethyl adjacent to an activating group) is 1. The van der Waals surface area contributed by atoms with Gasteiger partial charge in [0.2, 0.25) is 0 Å². The molecule has 98 valence electrons. The molecule has 1 unspecified atom stereocenters. The first-order valence-electron chi connectivity index (χ1n) is 6.49. The molecule has 1 atom stereocenters. The summed E-state index contributed by atoms with van der Waals surface area (Å²) in [5, 5.41) is 0. The fourth-order valence-electron chi connectivity index (χ4n) is 2.08. The van der Waals surface area contributed by atoms with Gasteiger partial charge in [-0.3, -0.25) is 9.89 Å². The van der Waals surface area contributed by atoms with Crippen LogP contribution in [0.2, 0.25) is 0 Å². The van der Waals surface area contributed by atoms with Crippen LogP contribution in [0.25, 0.3) is 0 Å². The molecule has 0 aromatic heterocycles. The van der Waals surface area contributed by atoms with Gasteiger partial charge >= 0.3 is 0 Å². The van der Waals surface area contributed by atoms with Crippen molar-refractivity contribution in [1.29, 1.82) is 0 Å². The third-order valence-electron chi connectivity index (χ3n) is 3.20. The van der Waals surface area contributed by atoms with Crippen LogP contribution in [0.5, 0.6) is 0 Å². The topological polar surface area (TPSA) is 50.8 Å². The van der Waals surface area contributed by atoms with Crippen LogP contribution in [0.1, 0.15) is 12.5 Å². The van der Waals surface area contributed by atoms with E-state index in [1.165, 1.54) is 0 Å². The summed E-state index contributed by atoms with van der Waals surface area (Å²) in [5.41, 5.74) is 6.93. The molecule has 1 aliphatic rings. The molecule has 1 saturated heterocycles. The predicted octanol–water partition coefficient (Wildman–Crippen LogP) is 1.11. The highest BCUT2D eigenvalue weighted by atomic mass is 16.5. The largest absolute Gasteiger partial charge is 0.384 e. The summed E-state index contributed by atoms with van der Waals surface area (Å²) in [4.78, 5) is 6.81. The maximum Gasteiger partial charge on any atom is 0.125 e. The Morgan fingerprint density at radius 2 is 2.22 bits per heavy atom. The molecule has 0 aliphatic carbocycles. The first kappa shape index (κ1) is 13.1. The maximum absolute atomic E-state index is 5.96. The van der Waals surface area contributed by atoms with E-state index in [-0.39, 0.29) is 6.10 Å². The summed E-state index contributed by atoms with van der Waals surface area (Å²) in [6.07, 6.45) is 0.168. The van der Waals surface area contributed by atoms with Gasteiger partial charge in [-0.2, -0.15) is 0 Å². The summed E-state index contributed by atoms with van der Waals surface area (Å²) >= 11 is 0. The van der Waals surface area contributed by atoms with E-state index in [0.717, 1.165) is 31.8 Å². The number of nitrogens with two attached hydrogens (primary N) is 1. The van der Waals surface area contributed by atoms with Crippen LogP contribution in [0.3, 0.4) is 0 Å². The molecule has 1 aromatic carbocycles. The summed E-state index contributed by atoms with van der Waals surface area (Å²) in [7, 11) is 0. The molecule has 4 nitrogen and oxygen atoms in total. The zero-order chi connectivity index (χ0) is 12.8. The fraction of sp³-hybridized carbons (Fsp3) is 0.500. The maximum atomic E-state index is 5.96. The van der Waals surface area contributed by atoms with Crippen molar-refractivity contribution >= 4 is 5.84 Å². The highest BCUT2D eigenvalue weighted by Gasteiger charge is 2.18. The normalized spacial score (nSPS) is 22.1. The van der Waals surface area contributed by atoms with Crippen molar-refractivity contribution in [2.45, 2.75) is 13.0 Å². The van der Waals surface area contributed by atoms with Gasteiger partial charge in [-0.05, 0) is 6.54 Å². The molecule has 1 fully saturated rings. The van der Waals surface area contributed by atoms with Crippen molar-refractivity contribution in [2.24, 2.45) is 10.7 Å². The number of benzene rings is 1. The highest BCUT2D eigenvalue weighted by Crippen LogP contribution is 2.06. The zero-order valence-corrected chi connectivity index (χ0v) is 10.9. The van der Waals surface area contributed by atoms with Crippen LogP contribution >= 0.6 is 0 Å². The van der Waals surface area contributed by atoms with Gasteiger partial charge in [0.05, 0.1) is 19.3 Å². The second-order valence-corrected chi connectivity index (χ2v) is 4.48. The quantitative estimate of drug-likeness (QED) is 0.640. The first-order chi connectivity index (χ1) is 8.79. The molecule has 4 heteroatoms. The number of nitrogens with zero attached hydrogens (tertiary/aromatic N) is 2. The van der Waals surface area contributed by atoms with Crippen LogP contribution < -0.4 is 5.73 Å². The minimum Gasteiger partial charge on any atom is -0.384 e. The van der Waals surface area contributed by atoms with Crippen molar-refractivity contribution in [1.82, 2.24) is 4.90 Å². The fourth-order valence-corrected chi connectivity index (χ4v) is 2.08. The Morgan fingerprint density at radius 3 is 2.94 bits per heavy atom. The Labute approximate surface area is 108 Å². The van der Waals surface area contributed by atoms with Crippen LogP contribution in [0.15, 0.2) is 35.3 Å². The van der Waals surface area contributed by atoms with Crippen molar-refractivity contribution in [3.8, 4) is 0 Å². The third kappa shape index (κ3) is 3.55. The van der Waals surface area contributed by atoms with E-state index in [2.05, 4.69) is 16.8 Å². The van der Waals surface area contributed by atoms with Crippen molar-refractivity contribution in [3.05, 3.63) is 35.9 Å². The molecule has 1 aromatic rings. The molecule has 18 heavy (non-hydrogen) atoms. The van der Waals surface area contributed by atoms with E-state index in [1.807, 2.05) is 30.3 Å². The van der Waals surface area contributed by atoms with Gasteiger partial charge in [-0.15, -0.1) is 0 Å². The predicted molar refractivity (Wildman–Crippen MR) is 73.9 cm³/mol. The number of morpholine rings is 1. The average Bonchev–Trinajstić information content (AvgIpc) is 2.46. The average molecular weight is 247 g/mol. The molecule has 0 spiro atoms.